The van der Waals surface area contributed by atoms with Crippen LogP contribution < -0.4 is 45.0 Å². The van der Waals surface area contributed by atoms with Crippen LogP contribution in [0.3, 0.4) is 0 Å². The molecule has 18 rings (SSSR count). The minimum absolute atomic E-state index is 0.00330. The molecule has 784 valence electrons. The fraction of sp³-hybridized carbons (Fsp3) is 0.681. The Morgan fingerprint density at radius 3 is 0.929 bits per heavy atom. The summed E-state index contributed by atoms with van der Waals surface area (Å²) in [6.07, 6.45) is 22.1. The fourth-order valence-electron chi connectivity index (χ4n) is 17.4. The van der Waals surface area contributed by atoms with E-state index >= 15 is 0 Å². The molecule has 46 heteroatoms. The van der Waals surface area contributed by atoms with Crippen molar-refractivity contribution in [2.75, 3.05) is 158 Å². The Morgan fingerprint density at radius 2 is 0.650 bits per heavy atom. The van der Waals surface area contributed by atoms with Crippen LogP contribution >= 0.6 is 57.3 Å². The third-order valence-corrected chi connectivity index (χ3v) is 35.4. The molecule has 0 spiro atoms. The van der Waals surface area contributed by atoms with E-state index in [4.69, 9.17) is 53.4 Å². The number of benzene rings is 2. The van der Waals surface area contributed by atoms with E-state index in [1.807, 2.05) is 36.4 Å². The summed E-state index contributed by atoms with van der Waals surface area (Å²) in [4.78, 5) is 127. The van der Waals surface area contributed by atoms with Gasteiger partial charge in [0.25, 0.3) is 30.8 Å². The smallest absolute Gasteiger partial charge is 0.330 e. The number of nitrogens with zero attached hydrogens (tertiary/aromatic N) is 12. The van der Waals surface area contributed by atoms with Crippen molar-refractivity contribution in [1.29, 1.82) is 5.72 Å². The lowest BCUT2D eigenvalue weighted by atomic mass is 10.2. The van der Waals surface area contributed by atoms with Crippen LogP contribution in [0.2, 0.25) is 0 Å². The summed E-state index contributed by atoms with van der Waals surface area (Å²) in [5, 5.41) is 32.1. The van der Waals surface area contributed by atoms with E-state index < -0.39 is 109 Å². The molecule has 12 fully saturated rings. The molecule has 0 radical (unpaired) electrons. The Balaban J connectivity index is 0.000000198. The van der Waals surface area contributed by atoms with Crippen LogP contribution in [0.4, 0.5) is 0 Å². The highest BCUT2D eigenvalue weighted by Gasteiger charge is 2.45. The average molecular weight is 2090 g/mol. The standard InChI is InChI=1S/C23H30N3O6PS.2C18H29N4O4P.C12H24N3P.C10H14N2O4.C9H10O2S.4CH4O/c1-16-15-26(23(29)24-21(16)27)20-14-19(17(2)31-20)32-33(25-10-6-7-11-25)30-12-13-34-22(28)18-8-4-3-5-9-18;2*1-13-12-22(18(24)19-17(13)23)16-11-15(14(2)25-16)26-27(20-7-3-4-8-20)21-9-5-6-10-21;1-2-8-13(7-1)16(14-9-3-4-10-14)15-11-5-6-12-15;1-5-4-12(10(15)11-9(5)14)8-3-7(13)6(2)16-8;10-6-7-12-9(11)8-4-2-1-3-5-8;4*1-2/h3-5,8-9,15,17,19-20H,6-7,10-14H2,1-2H3,(H,24,27,29);2*12,14-16H,3-11H2,1-2H3,(H,19,23,24);1-12H2;4,6-8,13H,3H2,1-2H3,(H,11,14,15);1-5,10H,6-7H2;4*2H,1H3/t17-,19?,20-,33?;2*14-,15?,16-;;6-,7?,8-;;;;;/m111.1...../s1/i3*2D;;2D;;4*2T. The number of thioether (sulfide) groups is 2. The fourth-order valence-corrected chi connectivity index (χ4v) is 28.1. The number of aliphatic hydroxyl groups is 6. The highest BCUT2D eigenvalue weighted by Crippen LogP contribution is 2.56. The number of aromatic amines is 4. The van der Waals surface area contributed by atoms with Gasteiger partial charge in [-0.15, -0.1) is 0 Å². The van der Waals surface area contributed by atoms with Crippen molar-refractivity contribution in [3.05, 3.63) is 202 Å². The Labute approximate surface area is 844 Å². The number of H-pyrrole nitrogens is 4. The minimum atomic E-state index is -1.40. The zero-order chi connectivity index (χ0) is 107. The van der Waals surface area contributed by atoms with Gasteiger partial charge in [-0.2, -0.15) is 0 Å². The number of rotatable bonds is 26. The number of nitrogens with one attached hydrogen (secondary N) is 4. The number of aryl methyl sites for hydroxylation is 4. The van der Waals surface area contributed by atoms with Crippen molar-refractivity contribution in [2.24, 2.45) is 0 Å². The van der Waals surface area contributed by atoms with Crippen LogP contribution in [0.5, 0.6) is 0 Å². The predicted octanol–water partition coefficient (Wildman–Crippen LogP) is 9.36. The third-order valence-electron chi connectivity index (χ3n) is 24.7. The second-order valence-electron chi connectivity index (χ2n) is 34.7. The zero-order valence-corrected chi connectivity index (χ0v) is 87.2. The maximum absolute atomic E-state index is 12.3. The number of aliphatic hydroxyl groups excluding tert-OH is 6. The molecule has 5 unspecified atom stereocenters. The maximum atomic E-state index is 12.3. The molecule has 2 aromatic carbocycles. The monoisotopic (exact) mass is 2090 g/mol. The Morgan fingerprint density at radius 1 is 0.393 bits per heavy atom. The molecule has 0 aliphatic carbocycles. The second-order valence-corrected chi connectivity index (χ2v) is 44.3. The molecule has 12 saturated heterocycles. The lowest BCUT2D eigenvalue weighted by molar-refractivity contribution is -0.0102. The number of hydrogen-bond donors (Lipinski definition) is 10. The summed E-state index contributed by atoms with van der Waals surface area (Å²) >= 11 is 2.35. The lowest BCUT2D eigenvalue weighted by Crippen LogP contribution is -2.34. The van der Waals surface area contributed by atoms with Crippen molar-refractivity contribution in [2.45, 2.75) is 257 Å². The predicted molar refractivity (Wildman–Crippen MR) is 548 cm³/mol. The van der Waals surface area contributed by atoms with Crippen LogP contribution in [-0.4, -0.2) is 329 Å². The molecule has 6 aromatic rings. The van der Waals surface area contributed by atoms with Gasteiger partial charge in [0, 0.05) is 234 Å². The lowest BCUT2D eigenvalue weighted by Gasteiger charge is -2.40. The Hall–Kier alpha value is -5.96. The number of carbonyl (C=O) groups excluding carboxylic acids is 2. The maximum Gasteiger partial charge on any atom is 0.330 e. The highest BCUT2D eigenvalue weighted by molar-refractivity contribution is 8.14. The van der Waals surface area contributed by atoms with E-state index in [9.17, 15) is 53.1 Å². The van der Waals surface area contributed by atoms with Gasteiger partial charge in [-0.25, -0.2) is 42.5 Å². The van der Waals surface area contributed by atoms with E-state index in [1.165, 1.54) is 200 Å². The van der Waals surface area contributed by atoms with Gasteiger partial charge in [0.1, 0.15) is 33.3 Å². The van der Waals surface area contributed by atoms with Gasteiger partial charge >= 0.3 is 22.8 Å². The molecular weight excluding hydrogens is 1930 g/mol. The number of ether oxygens (including phenoxy) is 4. The van der Waals surface area contributed by atoms with Crippen molar-refractivity contribution in [3.8, 4) is 0 Å². The van der Waals surface area contributed by atoms with E-state index in [1.54, 1.807) is 64.4 Å². The van der Waals surface area contributed by atoms with E-state index in [0.29, 0.717) is 70.8 Å². The van der Waals surface area contributed by atoms with Gasteiger partial charge in [0.15, 0.2) is 16.9 Å². The number of aromatic nitrogens is 8. The summed E-state index contributed by atoms with van der Waals surface area (Å²) in [5.41, 5.74) is -0.599. The average Bonchev–Trinajstić information content (AvgIpc) is 1.65. The van der Waals surface area contributed by atoms with Gasteiger partial charge in [-0.3, -0.25) is 81.0 Å². The summed E-state index contributed by atoms with van der Waals surface area (Å²) < 4.78 is 129. The molecule has 0 saturated carbocycles. The van der Waals surface area contributed by atoms with Crippen molar-refractivity contribution >= 4 is 67.6 Å². The Kier molecular flexibility index (Phi) is 46.4. The Bertz CT molecular complexity index is 5150. The molecule has 140 heavy (non-hydrogen) atoms. The first-order chi connectivity index (χ1) is 71.6. The van der Waals surface area contributed by atoms with E-state index in [-0.39, 0.29) is 94.8 Å². The normalized spacial score (nSPS) is 25.9. The molecule has 40 nitrogen and oxygen atoms in total. The molecular formula is C94H152N16O24P4S2. The highest BCUT2D eigenvalue weighted by atomic mass is 32.2. The first kappa shape index (κ1) is 105. The van der Waals surface area contributed by atoms with Gasteiger partial charge in [-0.1, -0.05) is 84.2 Å². The SMILES string of the molecule is C1CCN(P(N2CCCC2)N2CCCC2)C1.O=C(SCCO)c1ccccc1.[2H]C[C@H]1O[C@@H](n2cc(C)c(=O)[nH]c2=O)CC1O.[2H]C[C@H]1O[C@@H](n2cc(C)c(=O)[nH]c2=O)CC1OP(N1CCCC1)N1CCCC1.[2H]C[C@H]1O[C@@H](n2cc(C)c(=O)[nH]c2=O)CC1OP(N1CCCC1)N1CCCC1.[2H]C[C@H]1O[C@@H](n2cc(C)c(=O)[nH]c2=O)CC1OP(OCCSC(=O)c1ccccc1)N1CCCC1.[3H]OC.[3H]OC.[3H]OC.[3H]OC. The van der Waals surface area contributed by atoms with E-state index in [0.717, 1.165) is 90.1 Å². The first-order valence-corrected chi connectivity index (χ1v) is 54.8. The van der Waals surface area contributed by atoms with E-state index in [2.05, 4.69) is 77.7 Å². The van der Waals surface area contributed by atoms with Crippen molar-refractivity contribution < 1.29 is 82.8 Å². The largest absolute Gasteiger partial charge is 0.400 e. The van der Waals surface area contributed by atoms with Crippen molar-refractivity contribution in [1.82, 2.24) is 75.6 Å². The summed E-state index contributed by atoms with van der Waals surface area (Å²) in [7, 11) is 2.00. The summed E-state index contributed by atoms with van der Waals surface area (Å²) in [5.74, 6) is 0.967. The summed E-state index contributed by atoms with van der Waals surface area (Å²) in [6.45, 7) is 25.4. The van der Waals surface area contributed by atoms with Gasteiger partial charge < -0.3 is 67.7 Å². The molecule has 0 amide bonds. The van der Waals surface area contributed by atoms with Gasteiger partial charge in [0.2, 0.25) is 16.0 Å². The van der Waals surface area contributed by atoms with Crippen molar-refractivity contribution in [3.63, 3.8) is 0 Å². The number of carbonyl (C=O) groups is 2. The quantitative estimate of drug-likeness (QED) is 0.0178. The van der Waals surface area contributed by atoms with Crippen LogP contribution in [0.1, 0.15) is 229 Å². The zero-order valence-electron chi connectivity index (χ0n) is 90.0. The van der Waals surface area contributed by atoms with Gasteiger partial charge in [0.05, 0.1) is 62.0 Å². The molecule has 4 aromatic heterocycles. The van der Waals surface area contributed by atoms with Gasteiger partial charge in [-0.05, 0) is 158 Å². The topological polar surface area (TPSA) is 475 Å². The van der Waals surface area contributed by atoms with Crippen LogP contribution in [0.25, 0.3) is 0 Å². The number of hydrogen-bond acceptors (Lipinski definition) is 34. The first-order valence-electron chi connectivity index (χ1n) is 52.6. The molecule has 12 aliphatic rings. The molecule has 16 heterocycles. The van der Waals surface area contributed by atoms with Crippen LogP contribution in [0.15, 0.2) is 124 Å². The second kappa shape index (κ2) is 61.6. The van der Waals surface area contributed by atoms with Crippen LogP contribution in [0, 0.1) is 27.7 Å². The molecule has 13 atom stereocenters. The third kappa shape index (κ3) is 34.3. The molecule has 12 aliphatic heterocycles. The molecule has 0 bridgehead atoms. The molecule has 10 N–H and O–H groups in total. The minimum Gasteiger partial charge on any atom is -0.400 e. The summed E-state index contributed by atoms with van der Waals surface area (Å²) in [6, 6.07) is 18.2. The van der Waals surface area contributed by atoms with Crippen LogP contribution in [-0.2, 0) is 37.0 Å².